The molecule has 0 unspecified atom stereocenters. The van der Waals surface area contributed by atoms with Gasteiger partial charge in [0.05, 0.1) is 11.0 Å². The van der Waals surface area contributed by atoms with Crippen molar-refractivity contribution in [2.75, 3.05) is 11.4 Å². The van der Waals surface area contributed by atoms with Gasteiger partial charge in [-0.2, -0.15) is 5.26 Å². The van der Waals surface area contributed by atoms with Crippen molar-refractivity contribution < 1.29 is 9.72 Å². The molecule has 1 aliphatic heterocycles. The number of fused-ring (bicyclic) bond motifs is 1. The molecule has 98 valence electrons. The van der Waals surface area contributed by atoms with Crippen molar-refractivity contribution in [2.24, 2.45) is 0 Å². The zero-order valence-corrected chi connectivity index (χ0v) is 10.3. The van der Waals surface area contributed by atoms with E-state index in [9.17, 15) is 14.9 Å². The molecule has 2 rings (SSSR count). The molecule has 1 heterocycles. The molecule has 6 nitrogen and oxygen atoms in total. The fourth-order valence-corrected chi connectivity index (χ4v) is 2.22. The number of anilines is 1. The van der Waals surface area contributed by atoms with Gasteiger partial charge in [-0.25, -0.2) is 0 Å². The molecule has 1 aliphatic rings. The van der Waals surface area contributed by atoms with Crippen molar-refractivity contribution in [1.82, 2.24) is 0 Å². The molecule has 19 heavy (non-hydrogen) atoms. The Hall–Kier alpha value is -2.42. The van der Waals surface area contributed by atoms with E-state index >= 15 is 0 Å². The van der Waals surface area contributed by atoms with Crippen LogP contribution in [0.4, 0.5) is 11.4 Å². The fourth-order valence-electron chi connectivity index (χ4n) is 2.22. The highest BCUT2D eigenvalue weighted by Gasteiger charge is 2.25. The van der Waals surface area contributed by atoms with Gasteiger partial charge in [-0.15, -0.1) is 0 Å². The maximum atomic E-state index is 11.9. The summed E-state index contributed by atoms with van der Waals surface area (Å²) in [4.78, 5) is 23.8. The van der Waals surface area contributed by atoms with Gasteiger partial charge in [0.25, 0.3) is 5.69 Å². The van der Waals surface area contributed by atoms with Gasteiger partial charge in [-0.3, -0.25) is 14.9 Å². The number of carbonyl (C=O) groups excluding carboxylic acids is 1. The number of nitro benzene ring substituents is 1. The predicted molar refractivity (Wildman–Crippen MR) is 68.6 cm³/mol. The van der Waals surface area contributed by atoms with E-state index in [-0.39, 0.29) is 11.6 Å². The maximum Gasteiger partial charge on any atom is 0.269 e. The molecule has 0 radical (unpaired) electrons. The van der Waals surface area contributed by atoms with Crippen LogP contribution in [0.5, 0.6) is 0 Å². The molecule has 0 spiro atoms. The molecule has 1 aromatic carbocycles. The van der Waals surface area contributed by atoms with Crippen LogP contribution < -0.4 is 4.90 Å². The summed E-state index contributed by atoms with van der Waals surface area (Å²) < 4.78 is 0. The van der Waals surface area contributed by atoms with Crippen molar-refractivity contribution in [1.29, 1.82) is 5.26 Å². The van der Waals surface area contributed by atoms with Crippen LogP contribution in [0, 0.1) is 21.4 Å². The second-order valence-electron chi connectivity index (χ2n) is 4.38. The van der Waals surface area contributed by atoms with Crippen LogP contribution in [0.15, 0.2) is 18.2 Å². The first-order chi connectivity index (χ1) is 9.13. The zero-order chi connectivity index (χ0) is 13.8. The van der Waals surface area contributed by atoms with Crippen LogP contribution in [-0.2, 0) is 11.2 Å². The summed E-state index contributed by atoms with van der Waals surface area (Å²) in [5.41, 5.74) is 1.61. The van der Waals surface area contributed by atoms with Crippen LogP contribution in [0.2, 0.25) is 0 Å². The Morgan fingerprint density at radius 1 is 1.42 bits per heavy atom. The molecule has 0 aromatic heterocycles. The lowest BCUT2D eigenvalue weighted by Gasteiger charge is -2.29. The lowest BCUT2D eigenvalue weighted by atomic mass is 10.00. The normalized spacial score (nSPS) is 13.8. The van der Waals surface area contributed by atoms with Gasteiger partial charge in [0.2, 0.25) is 5.91 Å². The average Bonchev–Trinajstić information content (AvgIpc) is 2.40. The number of rotatable bonds is 4. The van der Waals surface area contributed by atoms with E-state index in [2.05, 4.69) is 0 Å². The number of nitrogens with zero attached hydrogens (tertiary/aromatic N) is 3. The Morgan fingerprint density at radius 3 is 2.89 bits per heavy atom. The SMILES string of the molecule is N#CCCCN1C(=O)CCc2cc([N+](=O)[O-])ccc21. The van der Waals surface area contributed by atoms with E-state index in [0.717, 1.165) is 11.3 Å². The number of hydrogen-bond acceptors (Lipinski definition) is 4. The van der Waals surface area contributed by atoms with E-state index in [1.165, 1.54) is 12.1 Å². The van der Waals surface area contributed by atoms with Gasteiger partial charge in [-0.05, 0) is 24.5 Å². The number of nitro groups is 1. The molecule has 1 aromatic rings. The molecule has 0 fully saturated rings. The number of non-ortho nitro benzene ring substituents is 1. The van der Waals surface area contributed by atoms with Crippen LogP contribution in [0.3, 0.4) is 0 Å². The monoisotopic (exact) mass is 259 g/mol. The first-order valence-corrected chi connectivity index (χ1v) is 6.08. The number of benzene rings is 1. The summed E-state index contributed by atoms with van der Waals surface area (Å²) >= 11 is 0. The number of aryl methyl sites for hydroxylation is 1. The predicted octanol–water partition coefficient (Wildman–Crippen LogP) is 2.18. The number of unbranched alkanes of at least 4 members (excludes halogenated alkanes) is 1. The third kappa shape index (κ3) is 2.71. The molecule has 0 saturated carbocycles. The molecular weight excluding hydrogens is 246 g/mol. The maximum absolute atomic E-state index is 11.9. The van der Waals surface area contributed by atoms with Crippen LogP contribution >= 0.6 is 0 Å². The van der Waals surface area contributed by atoms with E-state index in [1.807, 2.05) is 6.07 Å². The van der Waals surface area contributed by atoms with E-state index < -0.39 is 4.92 Å². The second-order valence-corrected chi connectivity index (χ2v) is 4.38. The van der Waals surface area contributed by atoms with E-state index in [1.54, 1.807) is 11.0 Å². The summed E-state index contributed by atoms with van der Waals surface area (Å²) in [6.45, 7) is 0.483. The third-order valence-corrected chi connectivity index (χ3v) is 3.14. The van der Waals surface area contributed by atoms with Crippen molar-refractivity contribution in [3.05, 3.63) is 33.9 Å². The minimum Gasteiger partial charge on any atom is -0.312 e. The lowest BCUT2D eigenvalue weighted by Crippen LogP contribution is -2.35. The largest absolute Gasteiger partial charge is 0.312 e. The smallest absolute Gasteiger partial charge is 0.269 e. The molecule has 0 atom stereocenters. The Bertz CT molecular complexity index is 563. The second kappa shape index (κ2) is 5.48. The quantitative estimate of drug-likeness (QED) is 0.471. The van der Waals surface area contributed by atoms with Gasteiger partial charge in [0.1, 0.15) is 0 Å². The Morgan fingerprint density at radius 2 is 2.21 bits per heavy atom. The van der Waals surface area contributed by atoms with Crippen molar-refractivity contribution >= 4 is 17.3 Å². The third-order valence-electron chi connectivity index (χ3n) is 3.14. The van der Waals surface area contributed by atoms with Crippen molar-refractivity contribution in [3.63, 3.8) is 0 Å². The Kier molecular flexibility index (Phi) is 3.76. The summed E-state index contributed by atoms with van der Waals surface area (Å²) in [6.07, 6.45) is 1.90. The first-order valence-electron chi connectivity index (χ1n) is 6.08. The van der Waals surface area contributed by atoms with Gasteiger partial charge in [-0.1, -0.05) is 0 Å². The highest BCUT2D eigenvalue weighted by molar-refractivity contribution is 5.96. The van der Waals surface area contributed by atoms with E-state index in [4.69, 9.17) is 5.26 Å². The average molecular weight is 259 g/mol. The van der Waals surface area contributed by atoms with Crippen molar-refractivity contribution in [2.45, 2.75) is 25.7 Å². The number of nitriles is 1. The van der Waals surface area contributed by atoms with Crippen LogP contribution in [0.1, 0.15) is 24.8 Å². The number of amides is 1. The van der Waals surface area contributed by atoms with E-state index in [0.29, 0.717) is 32.2 Å². The van der Waals surface area contributed by atoms with Gasteiger partial charge in [0, 0.05) is 37.2 Å². The zero-order valence-electron chi connectivity index (χ0n) is 10.3. The molecule has 6 heteroatoms. The molecule has 1 amide bonds. The minimum atomic E-state index is -0.434. The molecule has 0 N–H and O–H groups in total. The molecule has 0 saturated heterocycles. The highest BCUT2D eigenvalue weighted by Crippen LogP contribution is 2.31. The summed E-state index contributed by atoms with van der Waals surface area (Å²) in [5.74, 6) is 0.0132. The summed E-state index contributed by atoms with van der Waals surface area (Å²) in [5, 5.41) is 19.3. The first kappa shape index (κ1) is 13.0. The van der Waals surface area contributed by atoms with Gasteiger partial charge >= 0.3 is 0 Å². The summed E-state index contributed by atoms with van der Waals surface area (Å²) in [6, 6.07) is 6.60. The van der Waals surface area contributed by atoms with Gasteiger partial charge in [0.15, 0.2) is 0 Å². The molecule has 0 aliphatic carbocycles. The topological polar surface area (TPSA) is 87.2 Å². The minimum absolute atomic E-state index is 0.0132. The lowest BCUT2D eigenvalue weighted by molar-refractivity contribution is -0.384. The Labute approximate surface area is 110 Å². The molecular formula is C13H13N3O3. The highest BCUT2D eigenvalue weighted by atomic mass is 16.6. The van der Waals surface area contributed by atoms with Crippen LogP contribution in [-0.4, -0.2) is 17.4 Å². The fraction of sp³-hybridized carbons (Fsp3) is 0.385. The number of carbonyl (C=O) groups is 1. The van der Waals surface area contributed by atoms with Gasteiger partial charge < -0.3 is 4.90 Å². The molecule has 0 bridgehead atoms. The van der Waals surface area contributed by atoms with Crippen LogP contribution in [0.25, 0.3) is 0 Å². The van der Waals surface area contributed by atoms with Crippen molar-refractivity contribution in [3.8, 4) is 6.07 Å². The summed E-state index contributed by atoms with van der Waals surface area (Å²) in [7, 11) is 0. The Balaban J connectivity index is 2.26. The standard InChI is InChI=1S/C13H13N3O3/c14-7-1-2-8-15-12-5-4-11(16(18)19)9-10(12)3-6-13(15)17/h4-5,9H,1-3,6,8H2. The number of hydrogen-bond donors (Lipinski definition) is 0.